The SMILES string of the molecule is Cc1ccc(C(C)C)c(O[C@@H](C)C(=O)N2CCC[C@H](N(C)CC(=O)O)CC2)c1. The van der Waals surface area contributed by atoms with E-state index < -0.39 is 12.1 Å². The number of likely N-dealkylation sites (tertiary alicyclic amines) is 1. The molecule has 0 spiro atoms. The number of carboxylic acids is 1. The highest BCUT2D eigenvalue weighted by Crippen LogP contribution is 2.28. The molecule has 0 radical (unpaired) electrons. The Morgan fingerprint density at radius 1 is 1.25 bits per heavy atom. The number of ether oxygens (including phenoxy) is 1. The van der Waals surface area contributed by atoms with Crippen molar-refractivity contribution in [3.63, 3.8) is 0 Å². The molecule has 6 heteroatoms. The summed E-state index contributed by atoms with van der Waals surface area (Å²) in [6, 6.07) is 6.33. The standard InChI is InChI=1S/C22H34N2O4/c1-15(2)19-9-8-16(3)13-20(19)28-17(4)22(27)24-11-6-7-18(10-12-24)23(5)14-21(25)26/h8-9,13,15,17-18H,6-7,10-12,14H2,1-5H3,(H,25,26)/t17-,18-/m0/s1. The molecule has 0 bridgehead atoms. The smallest absolute Gasteiger partial charge is 0.317 e. The van der Waals surface area contributed by atoms with Crippen LogP contribution in [0.25, 0.3) is 0 Å². The second-order valence-electron chi connectivity index (χ2n) is 8.17. The van der Waals surface area contributed by atoms with Crippen molar-refractivity contribution in [2.45, 2.75) is 65.0 Å². The molecule has 1 aromatic carbocycles. The lowest BCUT2D eigenvalue weighted by molar-refractivity contribution is -0.139. The molecule has 1 fully saturated rings. The summed E-state index contributed by atoms with van der Waals surface area (Å²) in [5.41, 5.74) is 2.22. The number of likely N-dealkylation sites (N-methyl/N-ethyl adjacent to an activating group) is 1. The number of aliphatic carboxylic acids is 1. The summed E-state index contributed by atoms with van der Waals surface area (Å²) in [6.45, 7) is 9.42. The van der Waals surface area contributed by atoms with Gasteiger partial charge in [0.25, 0.3) is 5.91 Å². The van der Waals surface area contributed by atoms with E-state index in [-0.39, 0.29) is 18.5 Å². The molecule has 6 nitrogen and oxygen atoms in total. The summed E-state index contributed by atoms with van der Waals surface area (Å²) in [6.07, 6.45) is 2.00. The predicted octanol–water partition coefficient (Wildman–Crippen LogP) is 3.28. The number of carboxylic acid groups (broad SMARTS) is 1. The molecule has 0 unspecified atom stereocenters. The number of amides is 1. The van der Waals surface area contributed by atoms with E-state index in [1.165, 1.54) is 0 Å². The Kier molecular flexibility index (Phi) is 7.87. The van der Waals surface area contributed by atoms with Gasteiger partial charge in [-0.2, -0.15) is 0 Å². The predicted molar refractivity (Wildman–Crippen MR) is 110 cm³/mol. The average molecular weight is 391 g/mol. The second-order valence-corrected chi connectivity index (χ2v) is 8.17. The van der Waals surface area contributed by atoms with Gasteiger partial charge < -0.3 is 14.7 Å². The van der Waals surface area contributed by atoms with Crippen LogP contribution in [0, 0.1) is 6.92 Å². The first kappa shape index (κ1) is 22.2. The van der Waals surface area contributed by atoms with Gasteiger partial charge in [0.2, 0.25) is 0 Å². The maximum absolute atomic E-state index is 13.0. The van der Waals surface area contributed by atoms with Gasteiger partial charge in [-0.15, -0.1) is 0 Å². The zero-order valence-electron chi connectivity index (χ0n) is 17.8. The Balaban J connectivity index is 2.00. The minimum Gasteiger partial charge on any atom is -0.481 e. The molecule has 2 atom stereocenters. The van der Waals surface area contributed by atoms with Crippen LogP contribution in [0.3, 0.4) is 0 Å². The van der Waals surface area contributed by atoms with Crippen LogP contribution in [-0.2, 0) is 9.59 Å². The summed E-state index contributed by atoms with van der Waals surface area (Å²) < 4.78 is 6.09. The molecular weight excluding hydrogens is 356 g/mol. The van der Waals surface area contributed by atoms with E-state index in [1.54, 1.807) is 0 Å². The molecule has 0 aliphatic carbocycles. The Morgan fingerprint density at radius 3 is 2.61 bits per heavy atom. The summed E-state index contributed by atoms with van der Waals surface area (Å²) in [4.78, 5) is 27.7. The molecule has 1 saturated heterocycles. The Hall–Kier alpha value is -2.08. The van der Waals surface area contributed by atoms with Crippen molar-refractivity contribution in [3.05, 3.63) is 29.3 Å². The molecule has 0 saturated carbocycles. The van der Waals surface area contributed by atoms with Crippen molar-refractivity contribution < 1.29 is 19.4 Å². The van der Waals surface area contributed by atoms with Crippen molar-refractivity contribution in [1.82, 2.24) is 9.80 Å². The fraction of sp³-hybridized carbons (Fsp3) is 0.636. The van der Waals surface area contributed by atoms with Gasteiger partial charge >= 0.3 is 5.97 Å². The lowest BCUT2D eigenvalue weighted by Gasteiger charge is -2.27. The molecule has 156 valence electrons. The lowest BCUT2D eigenvalue weighted by Crippen LogP contribution is -2.42. The molecular formula is C22H34N2O4. The van der Waals surface area contributed by atoms with Crippen LogP contribution in [0.2, 0.25) is 0 Å². The van der Waals surface area contributed by atoms with Crippen molar-refractivity contribution in [3.8, 4) is 5.75 Å². The van der Waals surface area contributed by atoms with Gasteiger partial charge in [-0.3, -0.25) is 14.5 Å². The highest BCUT2D eigenvalue weighted by Gasteiger charge is 2.27. The molecule has 2 rings (SSSR count). The van der Waals surface area contributed by atoms with Crippen LogP contribution >= 0.6 is 0 Å². The number of benzene rings is 1. The molecule has 1 aliphatic rings. The van der Waals surface area contributed by atoms with Crippen molar-refractivity contribution in [1.29, 1.82) is 0 Å². The quantitative estimate of drug-likeness (QED) is 0.774. The maximum atomic E-state index is 13.0. The van der Waals surface area contributed by atoms with E-state index in [0.717, 1.165) is 36.1 Å². The van der Waals surface area contributed by atoms with E-state index in [9.17, 15) is 9.59 Å². The van der Waals surface area contributed by atoms with E-state index in [4.69, 9.17) is 9.84 Å². The number of aryl methyl sites for hydroxylation is 1. The van der Waals surface area contributed by atoms with Gasteiger partial charge in [0, 0.05) is 19.1 Å². The summed E-state index contributed by atoms with van der Waals surface area (Å²) in [7, 11) is 1.84. The summed E-state index contributed by atoms with van der Waals surface area (Å²) >= 11 is 0. The van der Waals surface area contributed by atoms with Gasteiger partial charge in [-0.05, 0) is 63.3 Å². The number of carbonyl (C=O) groups is 2. The number of hydrogen-bond donors (Lipinski definition) is 1. The molecule has 1 N–H and O–H groups in total. The van der Waals surface area contributed by atoms with Crippen LogP contribution in [-0.4, -0.2) is 65.6 Å². The fourth-order valence-electron chi connectivity index (χ4n) is 3.80. The Bertz CT molecular complexity index is 689. The van der Waals surface area contributed by atoms with E-state index in [1.807, 2.05) is 36.8 Å². The Morgan fingerprint density at radius 2 is 1.96 bits per heavy atom. The van der Waals surface area contributed by atoms with Gasteiger partial charge in [0.15, 0.2) is 6.10 Å². The van der Waals surface area contributed by atoms with Gasteiger partial charge in [-0.25, -0.2) is 0 Å². The van der Waals surface area contributed by atoms with Crippen LogP contribution in [0.4, 0.5) is 0 Å². The number of carbonyl (C=O) groups excluding carboxylic acids is 1. The minimum atomic E-state index is -0.819. The fourth-order valence-corrected chi connectivity index (χ4v) is 3.80. The average Bonchev–Trinajstić information content (AvgIpc) is 2.86. The van der Waals surface area contributed by atoms with Crippen molar-refractivity contribution >= 4 is 11.9 Å². The molecule has 1 aromatic rings. The highest BCUT2D eigenvalue weighted by molar-refractivity contribution is 5.81. The maximum Gasteiger partial charge on any atom is 0.317 e. The van der Waals surface area contributed by atoms with Crippen LogP contribution in [0.5, 0.6) is 5.75 Å². The third-order valence-corrected chi connectivity index (χ3v) is 5.46. The van der Waals surface area contributed by atoms with E-state index in [0.29, 0.717) is 19.0 Å². The zero-order chi connectivity index (χ0) is 20.8. The monoisotopic (exact) mass is 390 g/mol. The lowest BCUT2D eigenvalue weighted by atomic mass is 10.0. The largest absolute Gasteiger partial charge is 0.481 e. The zero-order valence-corrected chi connectivity index (χ0v) is 17.8. The second kappa shape index (κ2) is 9.92. The van der Waals surface area contributed by atoms with Gasteiger partial charge in [0.1, 0.15) is 5.75 Å². The third-order valence-electron chi connectivity index (χ3n) is 5.46. The molecule has 1 aliphatic heterocycles. The van der Waals surface area contributed by atoms with Crippen LogP contribution in [0.1, 0.15) is 57.1 Å². The highest BCUT2D eigenvalue weighted by atomic mass is 16.5. The number of hydrogen-bond acceptors (Lipinski definition) is 4. The molecule has 0 aromatic heterocycles. The first-order valence-electron chi connectivity index (χ1n) is 10.2. The number of nitrogens with zero attached hydrogens (tertiary/aromatic N) is 2. The van der Waals surface area contributed by atoms with Gasteiger partial charge in [-0.1, -0.05) is 26.0 Å². The first-order chi connectivity index (χ1) is 13.2. The summed E-state index contributed by atoms with van der Waals surface area (Å²) in [5.74, 6) is 0.282. The first-order valence-corrected chi connectivity index (χ1v) is 10.2. The Labute approximate surface area is 168 Å². The van der Waals surface area contributed by atoms with Crippen LogP contribution in [0.15, 0.2) is 18.2 Å². The topological polar surface area (TPSA) is 70.1 Å². The molecule has 1 amide bonds. The summed E-state index contributed by atoms with van der Waals surface area (Å²) in [5, 5.41) is 9.00. The van der Waals surface area contributed by atoms with E-state index >= 15 is 0 Å². The minimum absolute atomic E-state index is 0.00208. The normalized spacial score (nSPS) is 18.8. The van der Waals surface area contributed by atoms with E-state index in [2.05, 4.69) is 26.0 Å². The van der Waals surface area contributed by atoms with Crippen molar-refractivity contribution in [2.75, 3.05) is 26.7 Å². The molecule has 28 heavy (non-hydrogen) atoms. The number of rotatable bonds is 7. The van der Waals surface area contributed by atoms with Crippen molar-refractivity contribution in [2.24, 2.45) is 0 Å². The third kappa shape index (κ3) is 5.96. The van der Waals surface area contributed by atoms with Gasteiger partial charge in [0.05, 0.1) is 6.54 Å². The van der Waals surface area contributed by atoms with Crippen LogP contribution < -0.4 is 4.74 Å². The molecule has 1 heterocycles.